The summed E-state index contributed by atoms with van der Waals surface area (Å²) in [6.45, 7) is 9.84. The molecule has 1 unspecified atom stereocenters. The van der Waals surface area contributed by atoms with Crippen LogP contribution in [0.5, 0.6) is 17.2 Å². The molecule has 43 heavy (non-hydrogen) atoms. The van der Waals surface area contributed by atoms with Crippen LogP contribution in [0.2, 0.25) is 0 Å². The van der Waals surface area contributed by atoms with E-state index < -0.39 is 6.36 Å². The smallest absolute Gasteiger partial charge is 0.497 e. The number of alkyl halides is 3. The number of oxime groups is 2. The fourth-order valence-corrected chi connectivity index (χ4v) is 4.62. The number of allylic oxidation sites excluding steroid dienone is 2. The zero-order valence-electron chi connectivity index (χ0n) is 25.2. The fraction of sp³-hybridized carbons (Fsp3) is 0.387. The standard InChI is InChI=1S/C23H29N3O5.C8H7F3O/c1-7-14(2)31-24-12-18-13-30-25-15(3)21(18)23(27)26-9-8-17-10-19(28-5)11-20(29-6)22(17)16(26)4;1-6-3-2-4-7(5-6)12-8(9,10)11/h7,10-12,16H,8-9,13H2,1-6H3;2-5H,1H3/b14-7-,24-12+;. The summed E-state index contributed by atoms with van der Waals surface area (Å²) in [6.07, 6.45) is -0.580. The molecular weight excluding hydrogens is 567 g/mol. The van der Waals surface area contributed by atoms with Crippen molar-refractivity contribution in [3.8, 4) is 17.2 Å². The Morgan fingerprint density at radius 2 is 1.88 bits per heavy atom. The molecule has 4 rings (SSSR count). The first-order valence-electron chi connectivity index (χ1n) is 13.5. The molecule has 0 saturated heterocycles. The van der Waals surface area contributed by atoms with Gasteiger partial charge in [0.1, 0.15) is 29.6 Å². The Bertz CT molecular complexity index is 1420. The van der Waals surface area contributed by atoms with Gasteiger partial charge in [-0.2, -0.15) is 0 Å². The molecule has 0 aromatic heterocycles. The Hall–Kier alpha value is -4.48. The molecule has 12 heteroatoms. The second-order valence-electron chi connectivity index (χ2n) is 9.77. The molecule has 2 aliphatic rings. The third-order valence-corrected chi connectivity index (χ3v) is 6.78. The molecule has 0 aliphatic carbocycles. The van der Waals surface area contributed by atoms with E-state index in [1.165, 1.54) is 24.4 Å². The lowest BCUT2D eigenvalue weighted by molar-refractivity contribution is -0.274. The van der Waals surface area contributed by atoms with E-state index in [0.717, 1.165) is 22.4 Å². The zero-order chi connectivity index (χ0) is 31.7. The number of halogens is 3. The first-order chi connectivity index (χ1) is 20.4. The summed E-state index contributed by atoms with van der Waals surface area (Å²) >= 11 is 0. The van der Waals surface area contributed by atoms with Crippen molar-refractivity contribution in [3.05, 3.63) is 76.1 Å². The highest BCUT2D eigenvalue weighted by atomic mass is 19.4. The summed E-state index contributed by atoms with van der Waals surface area (Å²) in [6, 6.07) is 9.48. The van der Waals surface area contributed by atoms with E-state index in [2.05, 4.69) is 15.0 Å². The lowest BCUT2D eigenvalue weighted by atomic mass is 9.90. The van der Waals surface area contributed by atoms with Gasteiger partial charge in [0.05, 0.1) is 37.8 Å². The number of methoxy groups -OCH3 is 2. The highest BCUT2D eigenvalue weighted by Gasteiger charge is 2.35. The number of aryl methyl sites for hydroxylation is 1. The molecule has 1 amide bonds. The molecule has 0 spiro atoms. The molecule has 0 fully saturated rings. The Balaban J connectivity index is 0.000000353. The highest BCUT2D eigenvalue weighted by Crippen LogP contribution is 2.40. The van der Waals surface area contributed by atoms with E-state index in [1.807, 2.05) is 30.9 Å². The van der Waals surface area contributed by atoms with E-state index in [0.29, 0.717) is 41.3 Å². The zero-order valence-corrected chi connectivity index (χ0v) is 25.2. The minimum absolute atomic E-state index is 0.121. The van der Waals surface area contributed by atoms with Gasteiger partial charge in [-0.3, -0.25) is 4.79 Å². The lowest BCUT2D eigenvalue weighted by Crippen LogP contribution is -2.42. The number of rotatable bonds is 7. The van der Waals surface area contributed by atoms with E-state index in [4.69, 9.17) is 19.1 Å². The first kappa shape index (κ1) is 33.0. The Morgan fingerprint density at radius 3 is 2.51 bits per heavy atom. The minimum Gasteiger partial charge on any atom is -0.497 e. The van der Waals surface area contributed by atoms with Gasteiger partial charge in [-0.15, -0.1) is 13.2 Å². The second-order valence-corrected chi connectivity index (χ2v) is 9.77. The normalized spacial score (nSPS) is 16.9. The van der Waals surface area contributed by atoms with E-state index in [1.54, 1.807) is 47.1 Å². The third kappa shape index (κ3) is 8.76. The van der Waals surface area contributed by atoms with Crippen molar-refractivity contribution in [2.24, 2.45) is 10.3 Å². The summed E-state index contributed by atoms with van der Waals surface area (Å²) in [7, 11) is 3.26. The summed E-state index contributed by atoms with van der Waals surface area (Å²) in [5.74, 6) is 1.82. The monoisotopic (exact) mass is 603 g/mol. The van der Waals surface area contributed by atoms with E-state index in [9.17, 15) is 18.0 Å². The third-order valence-electron chi connectivity index (χ3n) is 6.78. The van der Waals surface area contributed by atoms with Gasteiger partial charge in [-0.1, -0.05) is 22.4 Å². The van der Waals surface area contributed by atoms with Crippen LogP contribution in [0.1, 0.15) is 50.4 Å². The van der Waals surface area contributed by atoms with Crippen molar-refractivity contribution in [1.82, 2.24) is 4.90 Å². The Labute approximate surface area is 249 Å². The Morgan fingerprint density at radius 1 is 1.14 bits per heavy atom. The van der Waals surface area contributed by atoms with Crippen LogP contribution in [0.15, 0.2) is 69.7 Å². The minimum atomic E-state index is -4.60. The number of hydrogen-bond donors (Lipinski definition) is 0. The molecule has 0 radical (unpaired) electrons. The van der Waals surface area contributed by atoms with Gasteiger partial charge < -0.3 is 28.8 Å². The number of ether oxygens (including phenoxy) is 3. The van der Waals surface area contributed by atoms with Crippen molar-refractivity contribution in [2.45, 2.75) is 53.4 Å². The van der Waals surface area contributed by atoms with Crippen molar-refractivity contribution < 1.29 is 41.9 Å². The van der Waals surface area contributed by atoms with Gasteiger partial charge in [0.25, 0.3) is 5.91 Å². The van der Waals surface area contributed by atoms with Crippen LogP contribution in [0.4, 0.5) is 13.2 Å². The molecule has 0 N–H and O–H groups in total. The van der Waals surface area contributed by atoms with Gasteiger partial charge in [-0.05, 0) is 76.4 Å². The topological polar surface area (TPSA) is 91.2 Å². The highest BCUT2D eigenvalue weighted by molar-refractivity contribution is 6.24. The molecular formula is C31H36F3N3O6. The van der Waals surface area contributed by atoms with Crippen molar-refractivity contribution >= 4 is 17.8 Å². The predicted molar refractivity (Wildman–Crippen MR) is 156 cm³/mol. The SMILES string of the molecule is C/C=C(/C)O/N=C/C1=C(C(=O)N2CCc3cc(OC)cc(OC)c3C2C)C(C)=NOC1.Cc1cccc(OC(F)(F)F)c1. The predicted octanol–water partition coefficient (Wildman–Crippen LogP) is 6.67. The lowest BCUT2D eigenvalue weighted by Gasteiger charge is -2.37. The quantitative estimate of drug-likeness (QED) is 0.199. The first-order valence-corrected chi connectivity index (χ1v) is 13.5. The molecule has 232 valence electrons. The van der Waals surface area contributed by atoms with Crippen LogP contribution in [0.25, 0.3) is 0 Å². The molecule has 0 saturated carbocycles. The Kier molecular flexibility index (Phi) is 11.2. The van der Waals surface area contributed by atoms with E-state index in [-0.39, 0.29) is 24.3 Å². The maximum Gasteiger partial charge on any atom is 0.573 e. The number of benzene rings is 2. The van der Waals surface area contributed by atoms with Crippen molar-refractivity contribution in [1.29, 1.82) is 0 Å². The second kappa shape index (κ2) is 14.6. The van der Waals surface area contributed by atoms with Crippen molar-refractivity contribution in [3.63, 3.8) is 0 Å². The van der Waals surface area contributed by atoms with Gasteiger partial charge in [0.15, 0.2) is 0 Å². The van der Waals surface area contributed by atoms with Crippen LogP contribution in [-0.2, 0) is 20.9 Å². The summed E-state index contributed by atoms with van der Waals surface area (Å²) < 4.78 is 49.6. The number of nitrogens with zero attached hydrogens (tertiary/aromatic N) is 3. The van der Waals surface area contributed by atoms with Crippen LogP contribution in [0.3, 0.4) is 0 Å². The maximum atomic E-state index is 13.6. The maximum absolute atomic E-state index is 13.6. The molecule has 2 aromatic rings. The average molecular weight is 604 g/mol. The number of carbonyl (C=O) groups is 1. The van der Waals surface area contributed by atoms with E-state index >= 15 is 0 Å². The fourth-order valence-electron chi connectivity index (χ4n) is 4.62. The van der Waals surface area contributed by atoms with Crippen LogP contribution in [-0.4, -0.2) is 56.5 Å². The number of fused-ring (bicyclic) bond motifs is 1. The molecule has 2 heterocycles. The van der Waals surface area contributed by atoms with Crippen LogP contribution < -0.4 is 14.2 Å². The van der Waals surface area contributed by atoms with Gasteiger partial charge in [0, 0.05) is 23.7 Å². The summed E-state index contributed by atoms with van der Waals surface area (Å²) in [5.41, 5.74) is 4.47. The number of carbonyl (C=O) groups excluding carboxylic acids is 1. The van der Waals surface area contributed by atoms with Gasteiger partial charge >= 0.3 is 6.36 Å². The van der Waals surface area contributed by atoms with Gasteiger partial charge in [-0.25, -0.2) is 0 Å². The molecule has 1 atom stereocenters. The largest absolute Gasteiger partial charge is 0.573 e. The summed E-state index contributed by atoms with van der Waals surface area (Å²) in [4.78, 5) is 26.0. The van der Waals surface area contributed by atoms with Crippen LogP contribution in [0, 0.1) is 6.92 Å². The molecule has 9 nitrogen and oxygen atoms in total. The number of amides is 1. The average Bonchev–Trinajstić information content (AvgIpc) is 2.95. The van der Waals surface area contributed by atoms with Crippen LogP contribution >= 0.6 is 0 Å². The van der Waals surface area contributed by atoms with Crippen molar-refractivity contribution in [2.75, 3.05) is 27.4 Å². The molecule has 2 aromatic carbocycles. The number of hydrogen-bond acceptors (Lipinski definition) is 8. The molecule has 2 aliphatic heterocycles. The van der Waals surface area contributed by atoms with Gasteiger partial charge in [0.2, 0.25) is 0 Å². The summed E-state index contributed by atoms with van der Waals surface area (Å²) in [5, 5.41) is 8.01. The molecule has 0 bridgehead atoms.